The monoisotopic (exact) mass is 352 g/mol. The van der Waals surface area contributed by atoms with Crippen LogP contribution in [0.5, 0.6) is 0 Å². The van der Waals surface area contributed by atoms with Gasteiger partial charge in [0.2, 0.25) is 11.8 Å². The third-order valence-corrected chi connectivity index (χ3v) is 3.53. The number of carbonyl (C=O) groups is 3. The van der Waals surface area contributed by atoms with Gasteiger partial charge in [-0.15, -0.1) is 0 Å². The molecule has 0 bridgehead atoms. The molecule has 25 heavy (non-hydrogen) atoms. The Morgan fingerprint density at radius 3 is 2.36 bits per heavy atom. The molecule has 0 spiro atoms. The molecule has 1 aromatic rings. The van der Waals surface area contributed by atoms with Gasteiger partial charge in [0, 0.05) is 13.3 Å². The van der Waals surface area contributed by atoms with Crippen molar-refractivity contribution in [2.45, 2.75) is 45.7 Å². The zero-order chi connectivity index (χ0) is 19.0. The first-order chi connectivity index (χ1) is 11.7. The molecule has 6 nitrogen and oxygen atoms in total. The molecule has 0 saturated carbocycles. The van der Waals surface area contributed by atoms with Crippen molar-refractivity contribution in [1.82, 2.24) is 10.6 Å². The van der Waals surface area contributed by atoms with E-state index in [9.17, 15) is 18.8 Å². The van der Waals surface area contributed by atoms with Crippen molar-refractivity contribution in [3.05, 3.63) is 35.6 Å². The van der Waals surface area contributed by atoms with E-state index in [1.54, 1.807) is 6.07 Å². The Bertz CT molecular complexity index is 619. The quantitative estimate of drug-likeness (QED) is 0.696. The standard InChI is InChI=1S/C18H25FN2O4/c1-11(2)8-15(20-12(3)22)17(23)21-16(18(24)25-4)10-13-6-5-7-14(19)9-13/h5-7,9,11,15-16H,8,10H2,1-4H3,(H,20,22)(H,21,23)/t15-,16+/m0/s1. The Balaban J connectivity index is 2.89. The largest absolute Gasteiger partial charge is 0.467 e. The van der Waals surface area contributed by atoms with Gasteiger partial charge < -0.3 is 15.4 Å². The van der Waals surface area contributed by atoms with Gasteiger partial charge in [0.15, 0.2) is 0 Å². The third kappa shape index (κ3) is 7.32. The van der Waals surface area contributed by atoms with E-state index >= 15 is 0 Å². The van der Waals surface area contributed by atoms with Crippen LogP contribution >= 0.6 is 0 Å². The molecule has 7 heteroatoms. The van der Waals surface area contributed by atoms with Gasteiger partial charge in [0.1, 0.15) is 17.9 Å². The van der Waals surface area contributed by atoms with Crippen LogP contribution in [0.2, 0.25) is 0 Å². The van der Waals surface area contributed by atoms with Crippen molar-refractivity contribution in [3.63, 3.8) is 0 Å². The SMILES string of the molecule is COC(=O)[C@@H](Cc1cccc(F)c1)NC(=O)[C@H](CC(C)C)NC(C)=O. The van der Waals surface area contributed by atoms with Crippen molar-refractivity contribution in [2.75, 3.05) is 7.11 Å². The topological polar surface area (TPSA) is 84.5 Å². The molecule has 0 radical (unpaired) electrons. The molecule has 138 valence electrons. The van der Waals surface area contributed by atoms with E-state index < -0.39 is 29.8 Å². The summed E-state index contributed by atoms with van der Waals surface area (Å²) in [6, 6.07) is 4.05. The Labute approximate surface area is 147 Å². The van der Waals surface area contributed by atoms with E-state index in [4.69, 9.17) is 4.74 Å². The number of ether oxygens (including phenoxy) is 1. The van der Waals surface area contributed by atoms with Crippen molar-refractivity contribution in [3.8, 4) is 0 Å². The molecule has 0 aliphatic heterocycles. The summed E-state index contributed by atoms with van der Waals surface area (Å²) in [4.78, 5) is 35.8. The summed E-state index contributed by atoms with van der Waals surface area (Å²) in [5.41, 5.74) is 0.552. The minimum absolute atomic E-state index is 0.0879. The molecule has 0 unspecified atom stereocenters. The lowest BCUT2D eigenvalue weighted by Gasteiger charge is -2.23. The summed E-state index contributed by atoms with van der Waals surface area (Å²) < 4.78 is 18.1. The molecule has 2 N–H and O–H groups in total. The summed E-state index contributed by atoms with van der Waals surface area (Å²) in [6.45, 7) is 5.17. The lowest BCUT2D eigenvalue weighted by molar-refractivity contribution is -0.145. The van der Waals surface area contributed by atoms with E-state index in [2.05, 4.69) is 10.6 Å². The Hall–Kier alpha value is -2.44. The van der Waals surface area contributed by atoms with Crippen molar-refractivity contribution in [1.29, 1.82) is 0 Å². The third-order valence-electron chi connectivity index (χ3n) is 3.53. The first kappa shape index (κ1) is 20.6. The number of hydrogen-bond acceptors (Lipinski definition) is 4. The number of hydrogen-bond donors (Lipinski definition) is 2. The maximum absolute atomic E-state index is 13.3. The number of nitrogens with one attached hydrogen (secondary N) is 2. The van der Waals surface area contributed by atoms with Crippen LogP contribution in [0.4, 0.5) is 4.39 Å². The van der Waals surface area contributed by atoms with Gasteiger partial charge in [0.05, 0.1) is 7.11 Å². The summed E-state index contributed by atoms with van der Waals surface area (Å²) in [5, 5.41) is 5.18. The van der Waals surface area contributed by atoms with Gasteiger partial charge in [-0.3, -0.25) is 9.59 Å². The van der Waals surface area contributed by atoms with Gasteiger partial charge in [-0.1, -0.05) is 26.0 Å². The highest BCUT2D eigenvalue weighted by atomic mass is 19.1. The smallest absolute Gasteiger partial charge is 0.328 e. The molecule has 2 amide bonds. The maximum Gasteiger partial charge on any atom is 0.328 e. The van der Waals surface area contributed by atoms with Crippen molar-refractivity contribution in [2.24, 2.45) is 5.92 Å². The maximum atomic E-state index is 13.3. The molecule has 0 aromatic heterocycles. The average molecular weight is 352 g/mol. The van der Waals surface area contributed by atoms with E-state index in [0.29, 0.717) is 12.0 Å². The second-order valence-corrected chi connectivity index (χ2v) is 6.30. The lowest BCUT2D eigenvalue weighted by atomic mass is 10.0. The van der Waals surface area contributed by atoms with E-state index in [1.165, 1.54) is 32.2 Å². The number of carbonyl (C=O) groups excluding carboxylic acids is 3. The number of halogens is 1. The highest BCUT2D eigenvalue weighted by Gasteiger charge is 2.27. The molecule has 1 rings (SSSR count). The molecule has 0 saturated heterocycles. The molecular weight excluding hydrogens is 327 g/mol. The van der Waals surface area contributed by atoms with E-state index in [1.807, 2.05) is 13.8 Å². The van der Waals surface area contributed by atoms with Crippen molar-refractivity contribution < 1.29 is 23.5 Å². The fourth-order valence-corrected chi connectivity index (χ4v) is 2.46. The lowest BCUT2D eigenvalue weighted by Crippen LogP contribution is -2.52. The zero-order valence-corrected chi connectivity index (χ0v) is 15.0. The summed E-state index contributed by atoms with van der Waals surface area (Å²) >= 11 is 0. The molecule has 0 fully saturated rings. The summed E-state index contributed by atoms with van der Waals surface area (Å²) in [6.07, 6.45) is 0.518. The Morgan fingerprint density at radius 1 is 1.16 bits per heavy atom. The number of benzene rings is 1. The van der Waals surface area contributed by atoms with Crippen LogP contribution in [-0.4, -0.2) is 37.0 Å². The first-order valence-electron chi connectivity index (χ1n) is 8.12. The van der Waals surface area contributed by atoms with Gasteiger partial charge in [-0.25, -0.2) is 9.18 Å². The van der Waals surface area contributed by atoms with Gasteiger partial charge in [-0.05, 0) is 30.0 Å². The fraction of sp³-hybridized carbons (Fsp3) is 0.500. The van der Waals surface area contributed by atoms with Gasteiger partial charge in [0.25, 0.3) is 0 Å². The van der Waals surface area contributed by atoms with Crippen LogP contribution in [0.15, 0.2) is 24.3 Å². The van der Waals surface area contributed by atoms with Gasteiger partial charge >= 0.3 is 5.97 Å². The second kappa shape index (κ2) is 9.76. The highest BCUT2D eigenvalue weighted by molar-refractivity contribution is 5.90. The summed E-state index contributed by atoms with van der Waals surface area (Å²) in [7, 11) is 1.21. The second-order valence-electron chi connectivity index (χ2n) is 6.30. The molecule has 0 aliphatic rings. The van der Waals surface area contributed by atoms with Crippen LogP contribution in [0.3, 0.4) is 0 Å². The summed E-state index contributed by atoms with van der Waals surface area (Å²) in [5.74, 6) is -1.70. The van der Waals surface area contributed by atoms with E-state index in [-0.39, 0.29) is 18.2 Å². The number of esters is 1. The van der Waals surface area contributed by atoms with Gasteiger partial charge in [-0.2, -0.15) is 0 Å². The molecule has 2 atom stereocenters. The van der Waals surface area contributed by atoms with Crippen LogP contribution < -0.4 is 10.6 Å². The fourth-order valence-electron chi connectivity index (χ4n) is 2.46. The zero-order valence-electron chi connectivity index (χ0n) is 15.0. The number of amides is 2. The van der Waals surface area contributed by atoms with Crippen LogP contribution in [0.25, 0.3) is 0 Å². The first-order valence-corrected chi connectivity index (χ1v) is 8.12. The normalized spacial score (nSPS) is 13.0. The van der Waals surface area contributed by atoms with Crippen LogP contribution in [-0.2, 0) is 25.5 Å². The van der Waals surface area contributed by atoms with E-state index in [0.717, 1.165) is 0 Å². The predicted octanol–water partition coefficient (Wildman–Crippen LogP) is 1.58. The highest BCUT2D eigenvalue weighted by Crippen LogP contribution is 2.10. The number of methoxy groups -OCH3 is 1. The molecule has 0 heterocycles. The van der Waals surface area contributed by atoms with Crippen LogP contribution in [0, 0.1) is 11.7 Å². The molecule has 1 aromatic carbocycles. The molecule has 0 aliphatic carbocycles. The minimum atomic E-state index is -0.970. The molecular formula is C18H25FN2O4. The average Bonchev–Trinajstić information content (AvgIpc) is 2.52. The Morgan fingerprint density at radius 2 is 1.84 bits per heavy atom. The minimum Gasteiger partial charge on any atom is -0.467 e. The van der Waals surface area contributed by atoms with Crippen molar-refractivity contribution >= 4 is 17.8 Å². The predicted molar refractivity (Wildman–Crippen MR) is 91.1 cm³/mol. The number of rotatable bonds is 8. The van der Waals surface area contributed by atoms with Crippen LogP contribution in [0.1, 0.15) is 32.8 Å². The Kier molecular flexibility index (Phi) is 8.04.